The molecule has 0 radical (unpaired) electrons. The van der Waals surface area contributed by atoms with E-state index >= 15 is 0 Å². The number of pyridine rings is 1. The largest absolute Gasteiger partial charge is 0.382 e. The molecule has 1 aliphatic heterocycles. The van der Waals surface area contributed by atoms with E-state index in [2.05, 4.69) is 22.0 Å². The number of aromatic nitrogens is 5. The van der Waals surface area contributed by atoms with Gasteiger partial charge in [-0.1, -0.05) is 0 Å². The molecule has 3 aromatic rings. The van der Waals surface area contributed by atoms with E-state index < -0.39 is 15.3 Å². The highest BCUT2D eigenvalue weighted by molar-refractivity contribution is 8.25. The van der Waals surface area contributed by atoms with E-state index in [1.54, 1.807) is 9.25 Å². The van der Waals surface area contributed by atoms with Crippen LogP contribution in [0, 0.1) is 5.92 Å². The number of aromatic amines is 1. The quantitative estimate of drug-likeness (QED) is 0.468. The topological polar surface area (TPSA) is 138 Å². The molecule has 1 saturated carbocycles. The predicted molar refractivity (Wildman–Crippen MR) is 128 cm³/mol. The summed E-state index contributed by atoms with van der Waals surface area (Å²) in [6, 6.07) is 2.06. The smallest absolute Gasteiger partial charge is 0.264 e. The molecule has 1 saturated heterocycles. The van der Waals surface area contributed by atoms with E-state index in [0.29, 0.717) is 41.4 Å². The number of nitrogens with one attached hydrogen (secondary N) is 1. The van der Waals surface area contributed by atoms with Gasteiger partial charge in [0.1, 0.15) is 11.2 Å². The lowest BCUT2D eigenvalue weighted by molar-refractivity contribution is 0.424. The van der Waals surface area contributed by atoms with Crippen LogP contribution in [0.5, 0.6) is 0 Å². The van der Waals surface area contributed by atoms with Crippen molar-refractivity contribution in [3.63, 3.8) is 0 Å². The fourth-order valence-electron chi connectivity index (χ4n) is 4.70. The standard InChI is InChI=1S/C21H31N7O3S/c1-12(13-5-6-13)28-10-14(18-17(20(28)29)19(22)24-23-18)15-9-16(26(4)25-15)27-7-8-32(30,31)21(2,3)11-27/h9-10,12-13,30-31H,5-8,11H2,1-4H3,(H3,22,23,24)/t12-/m0/s1. The molecule has 2 fully saturated rings. The lowest BCUT2D eigenvalue weighted by atomic mass is 10.1. The molecule has 0 bridgehead atoms. The van der Waals surface area contributed by atoms with E-state index in [1.165, 1.54) is 0 Å². The van der Waals surface area contributed by atoms with Crippen molar-refractivity contribution in [2.45, 2.75) is 44.4 Å². The number of anilines is 2. The monoisotopic (exact) mass is 461 g/mol. The molecule has 174 valence electrons. The molecule has 0 aromatic carbocycles. The molecule has 11 heteroatoms. The zero-order chi connectivity index (χ0) is 23.0. The number of fused-ring (bicyclic) bond motifs is 1. The summed E-state index contributed by atoms with van der Waals surface area (Å²) in [7, 11) is -0.770. The van der Waals surface area contributed by atoms with Crippen molar-refractivity contribution in [1.29, 1.82) is 0 Å². The molecule has 5 N–H and O–H groups in total. The maximum atomic E-state index is 13.2. The zero-order valence-electron chi connectivity index (χ0n) is 18.9. The van der Waals surface area contributed by atoms with Gasteiger partial charge < -0.3 is 15.2 Å². The molecule has 1 atom stereocenters. The van der Waals surface area contributed by atoms with E-state index in [0.717, 1.165) is 24.2 Å². The highest BCUT2D eigenvalue weighted by Crippen LogP contribution is 2.54. The van der Waals surface area contributed by atoms with Crippen molar-refractivity contribution in [2.75, 3.05) is 29.5 Å². The normalized spacial score (nSPS) is 22.2. The van der Waals surface area contributed by atoms with Gasteiger partial charge in [-0.2, -0.15) is 20.8 Å². The van der Waals surface area contributed by atoms with E-state index in [4.69, 9.17) is 10.8 Å². The van der Waals surface area contributed by atoms with Crippen molar-refractivity contribution in [3.05, 3.63) is 22.6 Å². The number of rotatable bonds is 4. The Hall–Kier alpha value is -2.50. The molecule has 3 aromatic heterocycles. The second-order valence-electron chi connectivity index (χ2n) is 9.76. The van der Waals surface area contributed by atoms with Crippen LogP contribution in [-0.2, 0) is 7.05 Å². The van der Waals surface area contributed by atoms with Crippen molar-refractivity contribution < 1.29 is 9.11 Å². The van der Waals surface area contributed by atoms with Crippen LogP contribution in [0.1, 0.15) is 39.7 Å². The first-order chi connectivity index (χ1) is 15.0. The maximum Gasteiger partial charge on any atom is 0.264 e. The Bertz CT molecular complexity index is 1250. The molecule has 10 nitrogen and oxygen atoms in total. The Labute approximate surface area is 187 Å². The third-order valence-electron chi connectivity index (χ3n) is 7.08. The fraction of sp³-hybridized carbons (Fsp3) is 0.571. The van der Waals surface area contributed by atoms with Crippen LogP contribution >= 0.6 is 10.6 Å². The van der Waals surface area contributed by atoms with Crippen LogP contribution in [0.25, 0.3) is 22.2 Å². The van der Waals surface area contributed by atoms with Gasteiger partial charge in [0.15, 0.2) is 5.82 Å². The number of nitrogen functional groups attached to an aromatic ring is 1. The molecular weight excluding hydrogens is 430 g/mol. The summed E-state index contributed by atoms with van der Waals surface area (Å²) >= 11 is 0. The van der Waals surface area contributed by atoms with Crippen molar-refractivity contribution in [3.8, 4) is 11.3 Å². The number of hydrogen-bond donors (Lipinski definition) is 4. The summed E-state index contributed by atoms with van der Waals surface area (Å²) in [5, 5.41) is 12.2. The summed E-state index contributed by atoms with van der Waals surface area (Å²) < 4.78 is 23.8. The van der Waals surface area contributed by atoms with Crippen LogP contribution in [0.3, 0.4) is 0 Å². The minimum absolute atomic E-state index is 0.0798. The number of hydrogen-bond acceptors (Lipinski definition) is 7. The molecule has 32 heavy (non-hydrogen) atoms. The molecule has 5 rings (SSSR count). The molecule has 0 spiro atoms. The Balaban J connectivity index is 1.60. The first kappa shape index (κ1) is 21.4. The van der Waals surface area contributed by atoms with E-state index in [-0.39, 0.29) is 17.4 Å². The Morgan fingerprint density at radius 2 is 2.06 bits per heavy atom. The van der Waals surface area contributed by atoms with Gasteiger partial charge in [0, 0.05) is 44.0 Å². The van der Waals surface area contributed by atoms with Crippen molar-refractivity contribution >= 4 is 33.1 Å². The lowest BCUT2D eigenvalue weighted by Crippen LogP contribution is -2.50. The summed E-state index contributed by atoms with van der Waals surface area (Å²) in [4.78, 5) is 15.3. The van der Waals surface area contributed by atoms with E-state index in [1.807, 2.05) is 33.2 Å². The Morgan fingerprint density at radius 3 is 2.72 bits per heavy atom. The average molecular weight is 462 g/mol. The predicted octanol–water partition coefficient (Wildman–Crippen LogP) is 3.03. The van der Waals surface area contributed by atoms with Gasteiger partial charge in [-0.15, -0.1) is 0 Å². The number of H-pyrrole nitrogens is 1. The average Bonchev–Trinajstić information content (AvgIpc) is 3.40. The van der Waals surface area contributed by atoms with E-state index in [9.17, 15) is 13.9 Å². The van der Waals surface area contributed by atoms with Gasteiger partial charge >= 0.3 is 0 Å². The molecule has 2 aliphatic rings. The molecule has 0 unspecified atom stereocenters. The highest BCUT2D eigenvalue weighted by Gasteiger charge is 2.41. The first-order valence-corrected chi connectivity index (χ1v) is 12.7. The van der Waals surface area contributed by atoms with Crippen LogP contribution in [-0.4, -0.2) is 57.2 Å². The summed E-state index contributed by atoms with van der Waals surface area (Å²) in [6.45, 7) is 6.90. The summed E-state index contributed by atoms with van der Waals surface area (Å²) in [5.41, 5.74) is 8.00. The van der Waals surface area contributed by atoms with Gasteiger partial charge in [0.2, 0.25) is 0 Å². The van der Waals surface area contributed by atoms with Crippen LogP contribution in [0.15, 0.2) is 17.1 Å². The Kier molecular flexibility index (Phi) is 4.67. The molecular formula is C21H31N7O3S. The van der Waals surface area contributed by atoms with Gasteiger partial charge in [0.05, 0.1) is 21.7 Å². The van der Waals surface area contributed by atoms with Crippen LogP contribution in [0.4, 0.5) is 11.6 Å². The fourth-order valence-corrected chi connectivity index (χ4v) is 6.09. The van der Waals surface area contributed by atoms with Gasteiger partial charge in [-0.25, -0.2) is 0 Å². The third kappa shape index (κ3) is 3.22. The highest BCUT2D eigenvalue weighted by atomic mass is 32.3. The van der Waals surface area contributed by atoms with Gasteiger partial charge in [-0.05, 0) is 39.5 Å². The number of nitrogens with zero attached hydrogens (tertiary/aromatic N) is 5. The second-order valence-corrected chi connectivity index (χ2v) is 12.6. The maximum absolute atomic E-state index is 13.2. The molecule has 1 aliphatic carbocycles. The van der Waals surface area contributed by atoms with Crippen molar-refractivity contribution in [2.24, 2.45) is 13.0 Å². The van der Waals surface area contributed by atoms with Gasteiger partial charge in [-0.3, -0.25) is 23.7 Å². The minimum Gasteiger partial charge on any atom is -0.382 e. The van der Waals surface area contributed by atoms with Crippen molar-refractivity contribution in [1.82, 2.24) is 24.5 Å². The Morgan fingerprint density at radius 1 is 1.34 bits per heavy atom. The second kappa shape index (κ2) is 7.00. The number of aryl methyl sites for hydroxylation is 1. The molecule has 4 heterocycles. The zero-order valence-corrected chi connectivity index (χ0v) is 19.7. The van der Waals surface area contributed by atoms with Crippen LogP contribution < -0.4 is 16.2 Å². The van der Waals surface area contributed by atoms with Crippen LogP contribution in [0.2, 0.25) is 0 Å². The first-order valence-electron chi connectivity index (χ1n) is 10.9. The van der Waals surface area contributed by atoms with Gasteiger partial charge in [0.25, 0.3) is 5.56 Å². The number of nitrogens with two attached hydrogens (primary N) is 1. The lowest BCUT2D eigenvalue weighted by Gasteiger charge is -2.53. The summed E-state index contributed by atoms with van der Waals surface area (Å²) in [5.74, 6) is 1.91. The third-order valence-corrected chi connectivity index (χ3v) is 9.73. The molecule has 0 amide bonds. The minimum atomic E-state index is -2.64. The SMILES string of the molecule is C[C@@H](C1CC1)n1cc(-c2cc(N3CCS(O)(O)C(C)(C)C3)n(C)n2)c2[nH]nc(N)c2c1=O. The summed E-state index contributed by atoms with van der Waals surface area (Å²) in [6.07, 6.45) is 4.12.